The smallest absolute Gasteiger partial charge is 0.409 e. The van der Waals surface area contributed by atoms with Gasteiger partial charge in [0.2, 0.25) is 0 Å². The lowest BCUT2D eigenvalue weighted by atomic mass is 10.1. The predicted molar refractivity (Wildman–Crippen MR) is 111 cm³/mol. The molecular formula is C21H21F3N4O5. The number of imidazole rings is 1. The van der Waals surface area contributed by atoms with Crippen LogP contribution < -0.4 is 5.01 Å². The predicted octanol–water partition coefficient (Wildman–Crippen LogP) is 2.73. The molecule has 176 valence electrons. The molecule has 1 aliphatic rings. The Labute approximate surface area is 186 Å². The monoisotopic (exact) mass is 466 g/mol. The fraction of sp³-hybridized carbons (Fsp3) is 0.333. The van der Waals surface area contributed by atoms with Crippen LogP contribution in [0.2, 0.25) is 0 Å². The number of aliphatic hydroxyl groups is 2. The van der Waals surface area contributed by atoms with Gasteiger partial charge in [0.15, 0.2) is 12.0 Å². The van der Waals surface area contributed by atoms with Gasteiger partial charge in [-0.25, -0.2) is 9.78 Å². The Kier molecular flexibility index (Phi) is 6.98. The first-order valence-electron chi connectivity index (χ1n) is 9.95. The van der Waals surface area contributed by atoms with Gasteiger partial charge in [-0.3, -0.25) is 4.79 Å². The normalized spacial score (nSPS) is 16.5. The molecule has 1 atom stereocenters. The number of alkyl halides is 3. The number of rotatable bonds is 7. The second kappa shape index (κ2) is 9.55. The van der Waals surface area contributed by atoms with Crippen molar-refractivity contribution in [2.45, 2.75) is 38.8 Å². The molecule has 3 rings (SSSR count). The summed E-state index contributed by atoms with van der Waals surface area (Å²) in [4.78, 5) is 29.3. The number of carbonyl (C=O) groups excluding carboxylic acids is 2. The van der Waals surface area contributed by atoms with Gasteiger partial charge in [-0.1, -0.05) is 19.1 Å². The Morgan fingerprint density at radius 3 is 2.42 bits per heavy atom. The molecule has 1 aliphatic heterocycles. The molecule has 12 heteroatoms. The molecule has 1 aromatic carbocycles. The molecule has 0 radical (unpaired) electrons. The average Bonchev–Trinajstić information content (AvgIpc) is 3.33. The van der Waals surface area contributed by atoms with E-state index in [9.17, 15) is 33.0 Å². The summed E-state index contributed by atoms with van der Waals surface area (Å²) in [7, 11) is 0. The van der Waals surface area contributed by atoms with E-state index in [1.165, 1.54) is 37.3 Å². The molecule has 0 fully saturated rings. The highest BCUT2D eigenvalue weighted by Crippen LogP contribution is 2.33. The molecule has 0 saturated heterocycles. The third kappa shape index (κ3) is 5.12. The quantitative estimate of drug-likeness (QED) is 0.368. The van der Waals surface area contributed by atoms with Crippen LogP contribution in [0.25, 0.3) is 6.08 Å². The average molecular weight is 466 g/mol. The molecule has 1 unspecified atom stereocenters. The second-order valence-corrected chi connectivity index (χ2v) is 7.02. The summed E-state index contributed by atoms with van der Waals surface area (Å²) in [5.41, 5.74) is -0.103. The summed E-state index contributed by atoms with van der Waals surface area (Å²) in [5.74, 6) is -1.61. The van der Waals surface area contributed by atoms with E-state index in [1.807, 2.05) is 0 Å². The van der Waals surface area contributed by atoms with E-state index in [0.717, 1.165) is 22.1 Å². The molecule has 1 amide bonds. The molecule has 0 bridgehead atoms. The molecule has 2 heterocycles. The van der Waals surface area contributed by atoms with Crippen LogP contribution in [0, 0.1) is 0 Å². The van der Waals surface area contributed by atoms with Crippen LogP contribution >= 0.6 is 0 Å². The fourth-order valence-corrected chi connectivity index (χ4v) is 3.21. The summed E-state index contributed by atoms with van der Waals surface area (Å²) in [5, 5.41) is 23.4. The van der Waals surface area contributed by atoms with Crippen molar-refractivity contribution in [1.82, 2.24) is 9.55 Å². The second-order valence-electron chi connectivity index (χ2n) is 7.02. The molecule has 0 aliphatic carbocycles. The van der Waals surface area contributed by atoms with Gasteiger partial charge in [0.25, 0.3) is 5.91 Å². The summed E-state index contributed by atoms with van der Waals surface area (Å²) < 4.78 is 45.5. The van der Waals surface area contributed by atoms with Crippen molar-refractivity contribution in [1.29, 1.82) is 0 Å². The summed E-state index contributed by atoms with van der Waals surface area (Å²) >= 11 is 0. The van der Waals surface area contributed by atoms with Crippen LogP contribution in [-0.4, -0.2) is 50.1 Å². The number of hydrogen-bond donors (Lipinski definition) is 2. The van der Waals surface area contributed by atoms with Crippen LogP contribution in [-0.2, 0) is 14.3 Å². The topological polar surface area (TPSA) is 117 Å². The number of benzene rings is 1. The van der Waals surface area contributed by atoms with Gasteiger partial charge in [-0.15, -0.1) is 0 Å². The van der Waals surface area contributed by atoms with E-state index < -0.39 is 30.4 Å². The lowest BCUT2D eigenvalue weighted by Gasteiger charge is -2.19. The van der Waals surface area contributed by atoms with Crippen molar-refractivity contribution in [2.75, 3.05) is 11.6 Å². The number of halogens is 3. The number of hydrazone groups is 1. The minimum absolute atomic E-state index is 0.0147. The third-order valence-electron chi connectivity index (χ3n) is 4.82. The SMILES string of the molecule is CCOC(=O)C1=NN(c2ccc(C(O)O)cc2)C(=O)C1=Cc1cn(C(CC)C(F)(F)F)cn1. The van der Waals surface area contributed by atoms with Crippen molar-refractivity contribution in [2.24, 2.45) is 5.10 Å². The maximum absolute atomic E-state index is 13.2. The summed E-state index contributed by atoms with van der Waals surface area (Å²) in [6.45, 7) is 2.97. The standard InChI is InChI=1S/C21H21F3N4O5/c1-3-16(21(22,23)24)27-10-13(25-11-27)9-15-17(20(32)33-4-2)26-28(18(15)29)14-7-5-12(6-8-14)19(30)31/h5-11,16,19,30-31H,3-4H2,1-2H3. The van der Waals surface area contributed by atoms with Crippen molar-refractivity contribution >= 4 is 29.4 Å². The van der Waals surface area contributed by atoms with Gasteiger partial charge >= 0.3 is 12.1 Å². The van der Waals surface area contributed by atoms with Gasteiger partial charge in [0, 0.05) is 11.8 Å². The number of esters is 1. The van der Waals surface area contributed by atoms with Crippen LogP contribution in [0.5, 0.6) is 0 Å². The Bertz CT molecular complexity index is 1090. The van der Waals surface area contributed by atoms with E-state index in [1.54, 1.807) is 6.92 Å². The van der Waals surface area contributed by atoms with E-state index in [4.69, 9.17) is 4.74 Å². The summed E-state index contributed by atoms with van der Waals surface area (Å²) in [6, 6.07) is 3.72. The van der Waals surface area contributed by atoms with Gasteiger partial charge in [0.1, 0.15) is 6.04 Å². The molecule has 2 N–H and O–H groups in total. The van der Waals surface area contributed by atoms with Crippen molar-refractivity contribution in [3.63, 3.8) is 0 Å². The molecule has 0 saturated carbocycles. The third-order valence-corrected chi connectivity index (χ3v) is 4.82. The number of aliphatic hydroxyl groups excluding tert-OH is 1. The highest BCUT2D eigenvalue weighted by molar-refractivity contribution is 6.54. The highest BCUT2D eigenvalue weighted by Gasteiger charge is 2.40. The van der Waals surface area contributed by atoms with Crippen molar-refractivity contribution in [3.05, 3.63) is 53.6 Å². The Hall–Kier alpha value is -3.51. The first-order chi connectivity index (χ1) is 15.6. The first-order valence-corrected chi connectivity index (χ1v) is 9.95. The van der Waals surface area contributed by atoms with E-state index in [2.05, 4.69) is 10.1 Å². The zero-order chi connectivity index (χ0) is 24.3. The van der Waals surface area contributed by atoms with E-state index in [0.29, 0.717) is 0 Å². The van der Waals surface area contributed by atoms with Gasteiger partial charge < -0.3 is 19.5 Å². The highest BCUT2D eigenvalue weighted by atomic mass is 19.4. The zero-order valence-corrected chi connectivity index (χ0v) is 17.7. The minimum Gasteiger partial charge on any atom is -0.461 e. The first kappa shape index (κ1) is 24.1. The Morgan fingerprint density at radius 2 is 1.88 bits per heavy atom. The number of hydrogen-bond acceptors (Lipinski definition) is 7. The number of carbonyl (C=O) groups is 2. The van der Waals surface area contributed by atoms with Crippen LogP contribution in [0.15, 0.2) is 47.5 Å². The number of anilines is 1. The number of ether oxygens (including phenoxy) is 1. The largest absolute Gasteiger partial charge is 0.461 e. The number of nitrogens with zero attached hydrogens (tertiary/aromatic N) is 4. The van der Waals surface area contributed by atoms with E-state index >= 15 is 0 Å². The number of amides is 1. The molecule has 0 spiro atoms. The fourth-order valence-electron chi connectivity index (χ4n) is 3.21. The lowest BCUT2D eigenvalue weighted by Crippen LogP contribution is -2.25. The van der Waals surface area contributed by atoms with Gasteiger partial charge in [-0.05, 0) is 31.6 Å². The van der Waals surface area contributed by atoms with Gasteiger partial charge in [-0.2, -0.15) is 23.3 Å². The minimum atomic E-state index is -4.48. The van der Waals surface area contributed by atoms with Crippen molar-refractivity contribution in [3.8, 4) is 0 Å². The van der Waals surface area contributed by atoms with Crippen LogP contribution in [0.4, 0.5) is 18.9 Å². The molecule has 2 aromatic rings. The Morgan fingerprint density at radius 1 is 1.21 bits per heavy atom. The Balaban J connectivity index is 1.98. The molecule has 9 nitrogen and oxygen atoms in total. The van der Waals surface area contributed by atoms with Crippen LogP contribution in [0.1, 0.15) is 43.9 Å². The van der Waals surface area contributed by atoms with Gasteiger partial charge in [0.05, 0.1) is 29.9 Å². The maximum Gasteiger partial charge on any atom is 0.409 e. The molecule has 1 aromatic heterocycles. The van der Waals surface area contributed by atoms with E-state index in [-0.39, 0.29) is 41.3 Å². The summed E-state index contributed by atoms with van der Waals surface area (Å²) in [6.07, 6.45) is -3.09. The number of aromatic nitrogens is 2. The zero-order valence-electron chi connectivity index (χ0n) is 17.7. The lowest BCUT2D eigenvalue weighted by molar-refractivity contribution is -0.168. The maximum atomic E-state index is 13.2. The molecular weight excluding hydrogens is 445 g/mol. The van der Waals surface area contributed by atoms with Crippen molar-refractivity contribution < 1.29 is 37.7 Å². The van der Waals surface area contributed by atoms with Crippen LogP contribution in [0.3, 0.4) is 0 Å². The molecule has 33 heavy (non-hydrogen) atoms.